The van der Waals surface area contributed by atoms with Crippen LogP contribution in [-0.2, 0) is 16.1 Å². The van der Waals surface area contributed by atoms with E-state index in [-0.39, 0.29) is 49.9 Å². The van der Waals surface area contributed by atoms with Gasteiger partial charge in [0.15, 0.2) is 0 Å². The number of nitrogens with one attached hydrogen (secondary N) is 1. The van der Waals surface area contributed by atoms with Crippen LogP contribution >= 0.6 is 0 Å². The van der Waals surface area contributed by atoms with E-state index in [1.807, 2.05) is 11.0 Å². The van der Waals surface area contributed by atoms with Crippen LogP contribution in [0.25, 0.3) is 0 Å². The van der Waals surface area contributed by atoms with Crippen molar-refractivity contribution in [1.29, 1.82) is 0 Å². The molecule has 2 saturated heterocycles. The normalized spacial score (nSPS) is 30.4. The van der Waals surface area contributed by atoms with E-state index in [4.69, 9.17) is 4.74 Å². The largest absolute Gasteiger partial charge is 0.489 e. The summed E-state index contributed by atoms with van der Waals surface area (Å²) in [5.41, 5.74) is 1.30. The van der Waals surface area contributed by atoms with Crippen LogP contribution in [0.5, 0.6) is 5.75 Å². The minimum Gasteiger partial charge on any atom is -0.489 e. The summed E-state index contributed by atoms with van der Waals surface area (Å²) in [6.07, 6.45) is 3.91. The van der Waals surface area contributed by atoms with Crippen molar-refractivity contribution in [2.45, 2.75) is 75.6 Å². The maximum atomic E-state index is 13.8. The molecule has 0 radical (unpaired) electrons. The van der Waals surface area contributed by atoms with Crippen LogP contribution < -0.4 is 10.1 Å². The highest BCUT2D eigenvalue weighted by Gasteiger charge is 2.44. The molecule has 3 fully saturated rings. The lowest BCUT2D eigenvalue weighted by Crippen LogP contribution is -2.52. The molecule has 3 aliphatic heterocycles. The number of benzene rings is 1. The number of fused-ring (bicyclic) bond motifs is 1. The number of carbonyl (C=O) groups excluding carboxylic acids is 3. The number of halogens is 2. The fourth-order valence-electron chi connectivity index (χ4n) is 5.48. The van der Waals surface area contributed by atoms with Crippen molar-refractivity contribution in [2.24, 2.45) is 0 Å². The van der Waals surface area contributed by atoms with Gasteiger partial charge in [0, 0.05) is 37.5 Å². The third-order valence-corrected chi connectivity index (χ3v) is 7.12. The van der Waals surface area contributed by atoms with Gasteiger partial charge in [-0.1, -0.05) is 6.42 Å². The van der Waals surface area contributed by atoms with Gasteiger partial charge in [0.2, 0.25) is 11.8 Å². The highest BCUT2D eigenvalue weighted by molar-refractivity contribution is 6.05. The summed E-state index contributed by atoms with van der Waals surface area (Å²) in [6.45, 7) is 0.457. The Kier molecular flexibility index (Phi) is 5.39. The van der Waals surface area contributed by atoms with Crippen molar-refractivity contribution < 1.29 is 27.9 Å². The number of nitrogens with zero attached hydrogens (tertiary/aromatic N) is 2. The molecule has 7 nitrogen and oxygen atoms in total. The quantitative estimate of drug-likeness (QED) is 0.718. The van der Waals surface area contributed by atoms with E-state index in [2.05, 4.69) is 5.32 Å². The molecule has 1 aromatic carbocycles. The lowest BCUT2D eigenvalue weighted by Gasteiger charge is -2.37. The third-order valence-electron chi connectivity index (χ3n) is 7.12. The number of carbonyl (C=O) groups is 3. The molecule has 1 saturated carbocycles. The monoisotopic (exact) mass is 447 g/mol. The van der Waals surface area contributed by atoms with Gasteiger partial charge < -0.3 is 9.64 Å². The summed E-state index contributed by atoms with van der Waals surface area (Å²) < 4.78 is 33.8. The van der Waals surface area contributed by atoms with Gasteiger partial charge in [-0.25, -0.2) is 8.78 Å². The zero-order valence-electron chi connectivity index (χ0n) is 17.8. The number of amides is 3. The first kappa shape index (κ1) is 21.3. The van der Waals surface area contributed by atoms with E-state index in [1.54, 1.807) is 12.1 Å². The van der Waals surface area contributed by atoms with Gasteiger partial charge in [-0.2, -0.15) is 0 Å². The van der Waals surface area contributed by atoms with Crippen LogP contribution in [0.15, 0.2) is 18.2 Å². The Bertz CT molecular complexity index is 953. The van der Waals surface area contributed by atoms with E-state index in [1.165, 1.54) is 4.90 Å². The predicted molar refractivity (Wildman–Crippen MR) is 110 cm³/mol. The lowest BCUT2D eigenvalue weighted by molar-refractivity contribution is -0.136. The maximum absolute atomic E-state index is 13.8. The Labute approximate surface area is 185 Å². The number of piperidine rings is 1. The Morgan fingerprint density at radius 3 is 2.66 bits per heavy atom. The molecule has 3 unspecified atom stereocenters. The average molecular weight is 447 g/mol. The Balaban J connectivity index is 1.29. The first-order valence-electron chi connectivity index (χ1n) is 11.4. The van der Waals surface area contributed by atoms with E-state index >= 15 is 0 Å². The Hall–Kier alpha value is -2.55. The summed E-state index contributed by atoms with van der Waals surface area (Å²) in [5, 5.41) is 2.30. The molecule has 0 aromatic heterocycles. The third kappa shape index (κ3) is 3.98. The van der Waals surface area contributed by atoms with Gasteiger partial charge in [0.25, 0.3) is 11.8 Å². The molecule has 172 valence electrons. The first-order chi connectivity index (χ1) is 15.3. The summed E-state index contributed by atoms with van der Waals surface area (Å²) in [4.78, 5) is 39.9. The number of alkyl halides is 2. The van der Waals surface area contributed by atoms with E-state index in [0.717, 1.165) is 31.2 Å². The van der Waals surface area contributed by atoms with E-state index < -0.39 is 17.9 Å². The van der Waals surface area contributed by atoms with Gasteiger partial charge in [-0.15, -0.1) is 0 Å². The Morgan fingerprint density at radius 1 is 1.09 bits per heavy atom. The molecule has 3 atom stereocenters. The molecule has 0 spiro atoms. The van der Waals surface area contributed by atoms with Crippen LogP contribution in [0.1, 0.15) is 60.9 Å². The molecule has 4 aliphatic rings. The molecule has 1 aliphatic carbocycles. The summed E-state index contributed by atoms with van der Waals surface area (Å²) in [5.74, 6) is -2.99. The molecule has 1 N–H and O–H groups in total. The number of hydrogen-bond donors (Lipinski definition) is 1. The molecule has 5 rings (SSSR count). The summed E-state index contributed by atoms with van der Waals surface area (Å²) in [6, 6.07) is 4.59. The van der Waals surface area contributed by atoms with Crippen LogP contribution in [0.3, 0.4) is 0 Å². The van der Waals surface area contributed by atoms with Gasteiger partial charge in [-0.3, -0.25) is 24.6 Å². The molecule has 3 amide bonds. The molecular formula is C23H27F2N3O4. The molecular weight excluding hydrogens is 420 g/mol. The first-order valence-corrected chi connectivity index (χ1v) is 11.4. The van der Waals surface area contributed by atoms with Crippen molar-refractivity contribution in [1.82, 2.24) is 15.1 Å². The fourth-order valence-corrected chi connectivity index (χ4v) is 5.48. The topological polar surface area (TPSA) is 79.0 Å². The molecule has 3 heterocycles. The maximum Gasteiger partial charge on any atom is 0.261 e. The Morgan fingerprint density at radius 2 is 1.91 bits per heavy atom. The lowest BCUT2D eigenvalue weighted by atomic mass is 9.91. The van der Waals surface area contributed by atoms with Gasteiger partial charge in [-0.05, 0) is 49.4 Å². The van der Waals surface area contributed by atoms with Crippen molar-refractivity contribution in [3.05, 3.63) is 29.3 Å². The summed E-state index contributed by atoms with van der Waals surface area (Å²) >= 11 is 0. The van der Waals surface area contributed by atoms with Crippen molar-refractivity contribution in [2.75, 3.05) is 13.1 Å². The van der Waals surface area contributed by atoms with Gasteiger partial charge in [0.05, 0.1) is 6.54 Å². The number of rotatable bonds is 4. The highest BCUT2D eigenvalue weighted by atomic mass is 19.3. The minimum absolute atomic E-state index is 0.0352. The fraction of sp³-hybridized carbons (Fsp3) is 0.609. The smallest absolute Gasteiger partial charge is 0.261 e. The van der Waals surface area contributed by atoms with Crippen LogP contribution in [0, 0.1) is 0 Å². The number of imide groups is 1. The van der Waals surface area contributed by atoms with Crippen LogP contribution in [0.4, 0.5) is 8.78 Å². The standard InChI is InChI=1S/C23H27F2N3O4/c24-23(25)9-10-27(13-23)17-3-1-2-4-19(17)32-15-5-6-16-14(11-15)12-28(22(16)31)18-7-8-20(29)26-21(18)30/h5-6,11,17-19H,1-4,7-10,12-13H2,(H,26,29,30). The SMILES string of the molecule is O=C1CCC(N2Cc3cc(OC4CCCCC4N4CCC(F)(F)C4)ccc3C2=O)C(=O)N1. The predicted octanol–water partition coefficient (Wildman–Crippen LogP) is 2.48. The average Bonchev–Trinajstić information content (AvgIpc) is 3.27. The number of hydrogen-bond acceptors (Lipinski definition) is 5. The minimum atomic E-state index is -2.63. The van der Waals surface area contributed by atoms with Crippen LogP contribution in [0.2, 0.25) is 0 Å². The van der Waals surface area contributed by atoms with Crippen molar-refractivity contribution in [3.8, 4) is 5.75 Å². The number of ether oxygens (including phenoxy) is 1. The van der Waals surface area contributed by atoms with Crippen LogP contribution in [-0.4, -0.2) is 64.7 Å². The second-order valence-electron chi connectivity index (χ2n) is 9.30. The van der Waals surface area contributed by atoms with Gasteiger partial charge in [0.1, 0.15) is 17.9 Å². The van der Waals surface area contributed by atoms with Crippen molar-refractivity contribution in [3.63, 3.8) is 0 Å². The molecule has 0 bridgehead atoms. The zero-order valence-corrected chi connectivity index (χ0v) is 17.8. The van der Waals surface area contributed by atoms with Crippen molar-refractivity contribution >= 4 is 17.7 Å². The highest BCUT2D eigenvalue weighted by Crippen LogP contribution is 2.36. The van der Waals surface area contributed by atoms with Gasteiger partial charge >= 0.3 is 0 Å². The summed E-state index contributed by atoms with van der Waals surface area (Å²) in [7, 11) is 0. The van der Waals surface area contributed by atoms with E-state index in [0.29, 0.717) is 24.3 Å². The molecule has 9 heteroatoms. The van der Waals surface area contributed by atoms with E-state index in [9.17, 15) is 23.2 Å². The molecule has 32 heavy (non-hydrogen) atoms. The second kappa shape index (κ2) is 8.10. The zero-order chi connectivity index (χ0) is 22.5. The second-order valence-corrected chi connectivity index (χ2v) is 9.30. The number of likely N-dealkylation sites (tertiary alicyclic amines) is 1. The molecule has 1 aromatic rings.